The molecule has 2 fully saturated rings. The molecule has 0 unspecified atom stereocenters. The molecule has 0 aliphatic heterocycles. The predicted octanol–water partition coefficient (Wildman–Crippen LogP) is 4.20. The van der Waals surface area contributed by atoms with Gasteiger partial charge in [0.05, 0.1) is 17.2 Å². The second-order valence-corrected chi connectivity index (χ2v) is 8.85. The molecule has 5 nitrogen and oxygen atoms in total. The Hall–Kier alpha value is -2.73. The van der Waals surface area contributed by atoms with Gasteiger partial charge < -0.3 is 5.32 Å². The number of rotatable bonds is 4. The molecule has 7 heteroatoms. The Labute approximate surface area is 177 Å². The highest BCUT2D eigenvalue weighted by Crippen LogP contribution is 2.62. The summed E-state index contributed by atoms with van der Waals surface area (Å²) >= 11 is 5.88. The third-order valence-corrected chi connectivity index (χ3v) is 6.92. The number of halogens is 2. The Morgan fingerprint density at radius 1 is 1.20 bits per heavy atom. The highest BCUT2D eigenvalue weighted by molar-refractivity contribution is 6.30. The van der Waals surface area contributed by atoms with Gasteiger partial charge in [-0.05, 0) is 80.0 Å². The number of nitrogens with zero attached hydrogens (tertiary/aromatic N) is 2. The van der Waals surface area contributed by atoms with Crippen LogP contribution in [0.15, 0.2) is 53.6 Å². The number of carbonyl (C=O) groups is 1. The van der Waals surface area contributed by atoms with E-state index < -0.39 is 5.82 Å². The first-order valence-corrected chi connectivity index (χ1v) is 10.5. The molecule has 2 aliphatic rings. The average Bonchev–Trinajstić information content (AvgIpc) is 3.23. The van der Waals surface area contributed by atoms with Gasteiger partial charge >= 0.3 is 0 Å². The fraction of sp³-hybridized carbons (Fsp3) is 0.348. The minimum absolute atomic E-state index is 0.0599. The zero-order valence-electron chi connectivity index (χ0n) is 16.4. The largest absolute Gasteiger partial charge is 0.349 e. The van der Waals surface area contributed by atoms with E-state index in [9.17, 15) is 14.0 Å². The lowest BCUT2D eigenvalue weighted by atomic mass is 10.0. The van der Waals surface area contributed by atoms with E-state index in [4.69, 9.17) is 11.6 Å². The molecular weight excluding hydrogens is 405 g/mol. The molecule has 0 spiro atoms. The van der Waals surface area contributed by atoms with Gasteiger partial charge in [-0.3, -0.25) is 14.2 Å². The first-order valence-electron chi connectivity index (χ1n) is 10.1. The number of aromatic nitrogens is 2. The van der Waals surface area contributed by atoms with E-state index in [0.29, 0.717) is 39.2 Å². The number of nitrogens with one attached hydrogen (secondary N) is 1. The lowest BCUT2D eigenvalue weighted by Crippen LogP contribution is -2.36. The molecule has 1 N–H and O–H groups in total. The number of benzene rings is 2. The van der Waals surface area contributed by atoms with E-state index in [1.807, 2.05) is 6.92 Å². The normalized spacial score (nSPS) is 23.9. The van der Waals surface area contributed by atoms with Crippen molar-refractivity contribution in [2.24, 2.45) is 17.8 Å². The van der Waals surface area contributed by atoms with Crippen molar-refractivity contribution in [3.05, 3.63) is 75.5 Å². The van der Waals surface area contributed by atoms with Crippen LogP contribution in [0.5, 0.6) is 0 Å². The minimum Gasteiger partial charge on any atom is -0.349 e. The second-order valence-electron chi connectivity index (χ2n) is 8.42. The maximum Gasteiger partial charge on any atom is 0.261 e. The van der Waals surface area contributed by atoms with Crippen molar-refractivity contribution < 1.29 is 9.18 Å². The lowest BCUT2D eigenvalue weighted by molar-refractivity contribution is 0.0932. The van der Waals surface area contributed by atoms with Crippen LogP contribution in [-0.2, 0) is 0 Å². The summed E-state index contributed by atoms with van der Waals surface area (Å²) in [5, 5.41) is 4.02. The van der Waals surface area contributed by atoms with Crippen LogP contribution >= 0.6 is 11.6 Å². The van der Waals surface area contributed by atoms with Crippen molar-refractivity contribution in [2.45, 2.75) is 31.8 Å². The Kier molecular flexibility index (Phi) is 4.62. The highest BCUT2D eigenvalue weighted by Gasteiger charge is 2.58. The molecule has 1 amide bonds. The van der Waals surface area contributed by atoms with Gasteiger partial charge in [0, 0.05) is 22.7 Å². The molecule has 0 bridgehead atoms. The van der Waals surface area contributed by atoms with E-state index in [2.05, 4.69) is 10.3 Å². The monoisotopic (exact) mass is 425 g/mol. The van der Waals surface area contributed by atoms with E-state index in [0.717, 1.165) is 12.8 Å². The van der Waals surface area contributed by atoms with Crippen LogP contribution in [0.25, 0.3) is 10.9 Å². The van der Waals surface area contributed by atoms with Gasteiger partial charge in [-0.25, -0.2) is 9.37 Å². The molecule has 154 valence electrons. The molecule has 5 rings (SSSR count). The maximum atomic E-state index is 13.6. The van der Waals surface area contributed by atoms with Gasteiger partial charge in [0.15, 0.2) is 0 Å². The van der Waals surface area contributed by atoms with Crippen molar-refractivity contribution in [3.8, 4) is 0 Å². The van der Waals surface area contributed by atoms with Crippen LogP contribution in [0, 0.1) is 23.6 Å². The molecule has 2 aliphatic carbocycles. The van der Waals surface area contributed by atoms with Crippen LogP contribution in [-0.4, -0.2) is 21.5 Å². The molecule has 1 heterocycles. The summed E-state index contributed by atoms with van der Waals surface area (Å²) < 4.78 is 15.2. The first-order chi connectivity index (χ1) is 14.4. The molecule has 30 heavy (non-hydrogen) atoms. The molecule has 3 atom stereocenters. The summed E-state index contributed by atoms with van der Waals surface area (Å²) in [7, 11) is 0. The number of amides is 1. The average molecular weight is 426 g/mol. The van der Waals surface area contributed by atoms with Crippen molar-refractivity contribution >= 4 is 28.4 Å². The van der Waals surface area contributed by atoms with Crippen molar-refractivity contribution in [3.63, 3.8) is 0 Å². The highest BCUT2D eigenvalue weighted by atomic mass is 35.5. The van der Waals surface area contributed by atoms with Crippen molar-refractivity contribution in [2.75, 3.05) is 0 Å². The Balaban J connectivity index is 1.25. The van der Waals surface area contributed by atoms with Gasteiger partial charge in [-0.15, -0.1) is 0 Å². The molecule has 2 saturated carbocycles. The third kappa shape index (κ3) is 3.29. The van der Waals surface area contributed by atoms with Crippen molar-refractivity contribution in [1.29, 1.82) is 0 Å². The molecule has 0 radical (unpaired) electrons. The Bertz CT molecular complexity index is 1180. The number of fused-ring (bicyclic) bond motifs is 2. The zero-order valence-corrected chi connectivity index (χ0v) is 17.1. The Morgan fingerprint density at radius 2 is 1.90 bits per heavy atom. The van der Waals surface area contributed by atoms with Crippen LogP contribution < -0.4 is 10.9 Å². The van der Waals surface area contributed by atoms with Crippen LogP contribution in [0.4, 0.5) is 4.39 Å². The standard InChI is InChI=1S/C23H21ClFN3O2/c1-12(27-22(29)13-2-4-14(24)5-3-13)21-17-9-16(10-18(17)21)28-11-26-20-7-6-15(25)8-19(20)23(28)30/h2-8,11-12,16-18,21H,9-10H2,1H3,(H,27,29)/t12-,16?,17-,18-,21?/m1/s1. The summed E-state index contributed by atoms with van der Waals surface area (Å²) in [6.45, 7) is 2.04. The van der Waals surface area contributed by atoms with Gasteiger partial charge in [0.25, 0.3) is 11.5 Å². The molecule has 1 aromatic heterocycles. The number of hydrogen-bond donors (Lipinski definition) is 1. The van der Waals surface area contributed by atoms with E-state index in [1.54, 1.807) is 35.2 Å². The van der Waals surface area contributed by atoms with E-state index in [-0.39, 0.29) is 23.6 Å². The smallest absolute Gasteiger partial charge is 0.261 e. The van der Waals surface area contributed by atoms with Gasteiger partial charge in [-0.2, -0.15) is 0 Å². The third-order valence-electron chi connectivity index (χ3n) is 6.67. The van der Waals surface area contributed by atoms with Gasteiger partial charge in [0.1, 0.15) is 5.82 Å². The predicted molar refractivity (Wildman–Crippen MR) is 113 cm³/mol. The molecule has 3 aromatic rings. The van der Waals surface area contributed by atoms with Crippen LogP contribution in [0.2, 0.25) is 5.02 Å². The SMILES string of the molecule is C[C@@H](NC(=O)c1ccc(Cl)cc1)C1[C@@H]2CC(n3cnc4ccc(F)cc4c3=O)C[C@@H]12. The number of hydrogen-bond acceptors (Lipinski definition) is 3. The van der Waals surface area contributed by atoms with Gasteiger partial charge in [0.2, 0.25) is 0 Å². The minimum atomic E-state index is -0.432. The summed E-state index contributed by atoms with van der Waals surface area (Å²) in [6.07, 6.45) is 3.33. The molecular formula is C23H21ClFN3O2. The summed E-state index contributed by atoms with van der Waals surface area (Å²) in [6, 6.07) is 11.1. The van der Waals surface area contributed by atoms with Crippen LogP contribution in [0.1, 0.15) is 36.2 Å². The maximum absolute atomic E-state index is 13.6. The Morgan fingerprint density at radius 3 is 2.60 bits per heavy atom. The summed E-state index contributed by atoms with van der Waals surface area (Å²) in [4.78, 5) is 29.6. The summed E-state index contributed by atoms with van der Waals surface area (Å²) in [5.41, 5.74) is 0.916. The summed E-state index contributed by atoms with van der Waals surface area (Å²) in [5.74, 6) is 0.840. The van der Waals surface area contributed by atoms with Gasteiger partial charge in [-0.1, -0.05) is 11.6 Å². The van der Waals surface area contributed by atoms with Crippen molar-refractivity contribution in [1.82, 2.24) is 14.9 Å². The molecule has 0 saturated heterocycles. The fourth-order valence-electron chi connectivity index (χ4n) is 5.19. The van der Waals surface area contributed by atoms with Crippen LogP contribution in [0.3, 0.4) is 0 Å². The topological polar surface area (TPSA) is 64.0 Å². The van der Waals surface area contributed by atoms with E-state index in [1.165, 1.54) is 18.2 Å². The quantitative estimate of drug-likeness (QED) is 0.681. The number of carbonyl (C=O) groups excluding carboxylic acids is 1. The van der Waals surface area contributed by atoms with E-state index >= 15 is 0 Å². The second kappa shape index (κ2) is 7.20. The first kappa shape index (κ1) is 19.2. The zero-order chi connectivity index (χ0) is 21.0. The molecule has 2 aromatic carbocycles. The lowest BCUT2D eigenvalue weighted by Gasteiger charge is -2.21. The fourth-order valence-corrected chi connectivity index (χ4v) is 5.31.